The van der Waals surface area contributed by atoms with Gasteiger partial charge in [0.1, 0.15) is 6.61 Å². The fourth-order valence-electron chi connectivity index (χ4n) is 1.10. The zero-order valence-electron chi connectivity index (χ0n) is 8.53. The first-order valence-electron chi connectivity index (χ1n) is 4.58. The molecule has 0 aliphatic carbocycles. The first-order valence-corrected chi connectivity index (χ1v) is 4.58. The number of aromatic nitrogens is 1. The predicted molar refractivity (Wildman–Crippen MR) is 55.2 cm³/mol. The second-order valence-electron chi connectivity index (χ2n) is 2.99. The highest BCUT2D eigenvalue weighted by Crippen LogP contribution is 2.12. The van der Waals surface area contributed by atoms with Gasteiger partial charge in [-0.25, -0.2) is 4.98 Å². The Morgan fingerprint density at radius 1 is 1.50 bits per heavy atom. The van der Waals surface area contributed by atoms with Crippen molar-refractivity contribution in [2.75, 3.05) is 6.61 Å². The predicted octanol–water partition coefficient (Wildman–Crippen LogP) is 1.84. The Labute approximate surface area is 84.1 Å². The summed E-state index contributed by atoms with van der Waals surface area (Å²) in [5, 5.41) is 8.96. The number of rotatable bonds is 4. The van der Waals surface area contributed by atoms with Crippen LogP contribution in [0.4, 0.5) is 0 Å². The van der Waals surface area contributed by atoms with Crippen LogP contribution in [0.25, 0.3) is 0 Å². The Morgan fingerprint density at radius 3 is 2.93 bits per heavy atom. The molecule has 3 nitrogen and oxygen atoms in total. The number of aliphatic hydroxyl groups is 1. The van der Waals surface area contributed by atoms with E-state index in [9.17, 15) is 0 Å². The SMILES string of the molecule is C/C=C/COc1cc(CO)cc(C)n1. The molecule has 0 spiro atoms. The van der Waals surface area contributed by atoms with E-state index in [0.29, 0.717) is 12.5 Å². The van der Waals surface area contributed by atoms with E-state index in [1.807, 2.05) is 32.1 Å². The molecule has 0 radical (unpaired) electrons. The van der Waals surface area contributed by atoms with E-state index in [0.717, 1.165) is 11.3 Å². The second-order valence-corrected chi connectivity index (χ2v) is 2.99. The first-order chi connectivity index (χ1) is 6.76. The van der Waals surface area contributed by atoms with Crippen molar-refractivity contribution in [3.8, 4) is 5.88 Å². The minimum Gasteiger partial charge on any atom is -0.473 e. The summed E-state index contributed by atoms with van der Waals surface area (Å²) in [7, 11) is 0. The molecule has 0 fully saturated rings. The molecule has 1 aromatic heterocycles. The minimum absolute atomic E-state index is 0.0172. The van der Waals surface area contributed by atoms with Gasteiger partial charge in [0, 0.05) is 11.8 Å². The molecule has 0 aromatic carbocycles. The number of aryl methyl sites for hydroxylation is 1. The quantitative estimate of drug-likeness (QED) is 0.742. The highest BCUT2D eigenvalue weighted by molar-refractivity contribution is 5.24. The molecule has 3 heteroatoms. The number of hydrogen-bond donors (Lipinski definition) is 1. The molecule has 76 valence electrons. The van der Waals surface area contributed by atoms with Crippen LogP contribution in [-0.4, -0.2) is 16.7 Å². The van der Waals surface area contributed by atoms with Gasteiger partial charge in [-0.15, -0.1) is 0 Å². The van der Waals surface area contributed by atoms with Gasteiger partial charge in [-0.3, -0.25) is 0 Å². The third kappa shape index (κ3) is 3.18. The van der Waals surface area contributed by atoms with Crippen LogP contribution in [-0.2, 0) is 6.61 Å². The standard InChI is InChI=1S/C11H15NO2/c1-3-4-5-14-11-7-10(8-13)6-9(2)12-11/h3-4,6-7,13H,5,8H2,1-2H3/b4-3+. The smallest absolute Gasteiger partial charge is 0.214 e. The van der Waals surface area contributed by atoms with E-state index in [1.165, 1.54) is 0 Å². The van der Waals surface area contributed by atoms with Gasteiger partial charge in [-0.05, 0) is 25.5 Å². The van der Waals surface area contributed by atoms with Crippen molar-refractivity contribution in [1.82, 2.24) is 4.98 Å². The highest BCUT2D eigenvalue weighted by Gasteiger charge is 1.99. The Hall–Kier alpha value is -1.35. The van der Waals surface area contributed by atoms with Gasteiger partial charge in [-0.1, -0.05) is 12.2 Å². The monoisotopic (exact) mass is 193 g/mol. The van der Waals surface area contributed by atoms with Crippen molar-refractivity contribution in [2.24, 2.45) is 0 Å². The van der Waals surface area contributed by atoms with E-state index in [2.05, 4.69) is 4.98 Å². The normalized spacial score (nSPS) is 10.8. The van der Waals surface area contributed by atoms with Crippen molar-refractivity contribution < 1.29 is 9.84 Å². The number of ether oxygens (including phenoxy) is 1. The molecule has 0 saturated carbocycles. The molecule has 1 rings (SSSR count). The van der Waals surface area contributed by atoms with Crippen molar-refractivity contribution in [3.63, 3.8) is 0 Å². The lowest BCUT2D eigenvalue weighted by Gasteiger charge is -2.05. The largest absolute Gasteiger partial charge is 0.473 e. The molecular formula is C11H15NO2. The summed E-state index contributed by atoms with van der Waals surface area (Å²) in [5.74, 6) is 0.562. The maximum atomic E-state index is 8.96. The van der Waals surface area contributed by atoms with Crippen LogP contribution in [0.2, 0.25) is 0 Å². The Balaban J connectivity index is 2.71. The molecule has 0 saturated heterocycles. The van der Waals surface area contributed by atoms with Crippen molar-refractivity contribution >= 4 is 0 Å². The van der Waals surface area contributed by atoms with Crippen LogP contribution < -0.4 is 4.74 Å². The highest BCUT2D eigenvalue weighted by atomic mass is 16.5. The van der Waals surface area contributed by atoms with E-state index >= 15 is 0 Å². The van der Waals surface area contributed by atoms with Gasteiger partial charge in [0.15, 0.2) is 0 Å². The van der Waals surface area contributed by atoms with Crippen molar-refractivity contribution in [2.45, 2.75) is 20.5 Å². The zero-order valence-corrected chi connectivity index (χ0v) is 8.53. The van der Waals surface area contributed by atoms with Crippen LogP contribution in [0.15, 0.2) is 24.3 Å². The van der Waals surface area contributed by atoms with Gasteiger partial charge in [-0.2, -0.15) is 0 Å². The van der Waals surface area contributed by atoms with E-state index in [4.69, 9.17) is 9.84 Å². The van der Waals surface area contributed by atoms with Gasteiger partial charge in [0.25, 0.3) is 0 Å². The van der Waals surface area contributed by atoms with Gasteiger partial charge in [0.2, 0.25) is 5.88 Å². The maximum absolute atomic E-state index is 8.96. The number of pyridine rings is 1. The second kappa shape index (κ2) is 5.40. The third-order valence-electron chi connectivity index (χ3n) is 1.74. The molecular weight excluding hydrogens is 178 g/mol. The van der Waals surface area contributed by atoms with Crippen LogP contribution >= 0.6 is 0 Å². The molecule has 0 aliphatic rings. The Kier molecular flexibility index (Phi) is 4.13. The van der Waals surface area contributed by atoms with Gasteiger partial charge >= 0.3 is 0 Å². The Bertz CT molecular complexity index is 321. The van der Waals surface area contributed by atoms with Crippen molar-refractivity contribution in [3.05, 3.63) is 35.5 Å². The van der Waals surface area contributed by atoms with Crippen molar-refractivity contribution in [1.29, 1.82) is 0 Å². The fourth-order valence-corrected chi connectivity index (χ4v) is 1.10. The van der Waals surface area contributed by atoms with E-state index < -0.39 is 0 Å². The van der Waals surface area contributed by atoms with Crippen LogP contribution in [0, 0.1) is 6.92 Å². The van der Waals surface area contributed by atoms with E-state index in [-0.39, 0.29) is 6.61 Å². The minimum atomic E-state index is 0.0172. The lowest BCUT2D eigenvalue weighted by atomic mass is 10.2. The maximum Gasteiger partial charge on any atom is 0.214 e. The molecule has 0 atom stereocenters. The molecule has 1 aromatic rings. The summed E-state index contributed by atoms with van der Waals surface area (Å²) in [5.41, 5.74) is 1.68. The first kappa shape index (κ1) is 10.7. The number of aliphatic hydroxyl groups excluding tert-OH is 1. The summed E-state index contributed by atoms with van der Waals surface area (Å²) >= 11 is 0. The zero-order chi connectivity index (χ0) is 10.4. The molecule has 1 N–H and O–H groups in total. The summed E-state index contributed by atoms with van der Waals surface area (Å²) in [6.45, 7) is 4.34. The molecule has 0 amide bonds. The molecule has 0 aliphatic heterocycles. The number of allylic oxidation sites excluding steroid dienone is 1. The topological polar surface area (TPSA) is 42.4 Å². The summed E-state index contributed by atoms with van der Waals surface area (Å²) < 4.78 is 5.36. The number of nitrogens with zero attached hydrogens (tertiary/aromatic N) is 1. The van der Waals surface area contributed by atoms with Gasteiger partial charge < -0.3 is 9.84 Å². The molecule has 0 unspecified atom stereocenters. The molecule has 14 heavy (non-hydrogen) atoms. The molecule has 1 heterocycles. The van der Waals surface area contributed by atoms with Crippen LogP contribution in [0.1, 0.15) is 18.2 Å². The summed E-state index contributed by atoms with van der Waals surface area (Å²) in [6, 6.07) is 3.58. The van der Waals surface area contributed by atoms with Gasteiger partial charge in [0.05, 0.1) is 6.61 Å². The lowest BCUT2D eigenvalue weighted by molar-refractivity contribution is 0.279. The Morgan fingerprint density at radius 2 is 2.29 bits per heavy atom. The number of hydrogen-bond acceptors (Lipinski definition) is 3. The fraction of sp³-hybridized carbons (Fsp3) is 0.364. The summed E-state index contributed by atoms with van der Waals surface area (Å²) in [4.78, 5) is 4.19. The lowest BCUT2D eigenvalue weighted by Crippen LogP contribution is -1.98. The van der Waals surface area contributed by atoms with Crippen LogP contribution in [0.5, 0.6) is 5.88 Å². The van der Waals surface area contributed by atoms with Crippen LogP contribution in [0.3, 0.4) is 0 Å². The average molecular weight is 193 g/mol. The van der Waals surface area contributed by atoms with E-state index in [1.54, 1.807) is 6.07 Å². The summed E-state index contributed by atoms with van der Waals surface area (Å²) in [6.07, 6.45) is 3.82. The average Bonchev–Trinajstić information content (AvgIpc) is 2.17. The third-order valence-corrected chi connectivity index (χ3v) is 1.74. The molecule has 0 bridgehead atoms.